The number of hydrogen-bond donors (Lipinski definition) is 4. The Morgan fingerprint density at radius 2 is 0.911 bits per heavy atom. The molecule has 0 atom stereocenters. The third kappa shape index (κ3) is 23.8. The second kappa shape index (κ2) is 41.8. The molecule has 0 fully saturated rings. The van der Waals surface area contributed by atoms with Crippen LogP contribution in [0.15, 0.2) is 196 Å². The van der Waals surface area contributed by atoms with Crippen LogP contribution in [-0.2, 0) is 93.2 Å². The van der Waals surface area contributed by atoms with Gasteiger partial charge in [0.2, 0.25) is 23.2 Å². The fraction of sp³-hybridized carbons (Fsp3) is 0.429. The minimum Gasteiger partial charge on any atom is -0.377 e. The smallest absolute Gasteiger partial charge is 0.294 e. The fourth-order valence-electron chi connectivity index (χ4n) is 16.2. The van der Waals surface area contributed by atoms with Crippen LogP contribution in [0.5, 0.6) is 0 Å². The highest BCUT2D eigenvalue weighted by molar-refractivity contribution is 7.86. The number of allylic oxidation sites excluding steroid dienone is 8. The monoisotopic (exact) mass is 1720 g/mol. The number of azide groups is 1. The predicted octanol–water partition coefficient (Wildman–Crippen LogP) is 15.0. The summed E-state index contributed by atoms with van der Waals surface area (Å²) in [5.41, 5.74) is 22.7. The summed E-state index contributed by atoms with van der Waals surface area (Å²) in [6.07, 6.45) is 20.6. The molecule has 5 aliphatic heterocycles. The van der Waals surface area contributed by atoms with Gasteiger partial charge in [-0.3, -0.25) is 53.4 Å². The maximum absolute atomic E-state index is 12.5. The topological polar surface area (TPSA) is 389 Å². The Morgan fingerprint density at radius 3 is 1.31 bits per heavy atom. The van der Waals surface area contributed by atoms with Gasteiger partial charge in [-0.25, -0.2) is 0 Å². The Hall–Kier alpha value is -11.2. The van der Waals surface area contributed by atoms with E-state index in [0.29, 0.717) is 124 Å². The average Bonchev–Trinajstić information content (AvgIpc) is 1.62. The molecule has 0 saturated carbocycles. The molecule has 123 heavy (non-hydrogen) atoms. The summed E-state index contributed by atoms with van der Waals surface area (Å²) >= 11 is 0. The van der Waals surface area contributed by atoms with Crippen molar-refractivity contribution in [3.8, 4) is 0 Å². The van der Waals surface area contributed by atoms with Crippen LogP contribution in [0.2, 0.25) is 0 Å². The van der Waals surface area contributed by atoms with E-state index in [1.54, 1.807) is 48.5 Å². The van der Waals surface area contributed by atoms with E-state index in [9.17, 15) is 65.3 Å². The molecule has 30 nitrogen and oxygen atoms in total. The molecule has 0 aromatic heterocycles. The Balaban J connectivity index is 0.000000258. The van der Waals surface area contributed by atoms with Gasteiger partial charge >= 0.3 is 0 Å². The minimum absolute atomic E-state index is 0.0348. The molecular formula is C91H112N12O18S2+2. The van der Waals surface area contributed by atoms with Crippen LogP contribution < -0.4 is 20.4 Å². The van der Waals surface area contributed by atoms with Gasteiger partial charge in [0, 0.05) is 175 Å². The Bertz CT molecular complexity index is 5430. The summed E-state index contributed by atoms with van der Waals surface area (Å²) in [5.74, 6) is -0.967. The van der Waals surface area contributed by atoms with Crippen molar-refractivity contribution in [3.63, 3.8) is 0 Å². The third-order valence-electron chi connectivity index (χ3n) is 22.9. The first-order valence-electron chi connectivity index (χ1n) is 41.4. The standard InChI is InChI=1S/C47H55N5O10S.C44H55N7O8S/c1-33-13-19-39-37(30-33)46(2,3)42(50(39)26-27-61-28-29-62-32-34-14-16-35(17-15-34)52(56)57)11-9-10-41-47(4,5)38-31-36(63(58,59)60)18-20-40(38)49(41)24-8-6-7-12-43(53)48-23-25-51-44(54)21-22-45(51)55;1-32-14-20-38-36(29-32)43(2,3)41(50(38)25-26-58-27-28-59-31-33-15-17-34(18-16-33)51(53)54)12-9-11-40-44(4,5)37-30-35(60(55,56)57)19-21-39(37)49(40)24-8-6-7-13-42(52)46-22-10-23-47-48-45/h9-11,13-22,30-31H,6-8,12,23-29,32H2,1-5H3,(H-,48,53,58,59,60);9,11-12,14-21,29-30H,6-8,10,13,22-28,31H2,1-5H3,(H-,46,52,55,56,57)/p+2. The van der Waals surface area contributed by atoms with Crippen molar-refractivity contribution in [3.05, 3.63) is 257 Å². The number of fused-ring (bicyclic) bond motifs is 4. The van der Waals surface area contributed by atoms with Gasteiger partial charge in [0.05, 0.1) is 83.3 Å². The molecule has 32 heteroatoms. The number of nitrogens with one attached hydrogen (secondary N) is 2. The van der Waals surface area contributed by atoms with Gasteiger partial charge in [-0.15, -0.1) is 0 Å². The van der Waals surface area contributed by atoms with Crippen LogP contribution in [0.25, 0.3) is 10.4 Å². The number of carbonyl (C=O) groups is 4. The highest BCUT2D eigenvalue weighted by Crippen LogP contribution is 2.50. The summed E-state index contributed by atoms with van der Waals surface area (Å²) < 4.78 is 96.6. The molecule has 6 aromatic carbocycles. The van der Waals surface area contributed by atoms with Crippen molar-refractivity contribution < 1.29 is 83.1 Å². The summed E-state index contributed by atoms with van der Waals surface area (Å²) in [4.78, 5) is 77.5. The van der Waals surface area contributed by atoms with Crippen molar-refractivity contribution in [2.75, 3.05) is 102 Å². The van der Waals surface area contributed by atoms with E-state index in [4.69, 9.17) is 24.5 Å². The molecule has 0 saturated heterocycles. The molecule has 5 heterocycles. The van der Waals surface area contributed by atoms with Crippen LogP contribution >= 0.6 is 0 Å². The summed E-state index contributed by atoms with van der Waals surface area (Å²) in [7, 11) is -8.85. The van der Waals surface area contributed by atoms with E-state index in [-0.39, 0.29) is 68.7 Å². The highest BCUT2D eigenvalue weighted by Gasteiger charge is 2.48. The molecule has 4 N–H and O–H groups in total. The zero-order valence-corrected chi connectivity index (χ0v) is 73.2. The van der Waals surface area contributed by atoms with Gasteiger partial charge in [0.1, 0.15) is 13.1 Å². The van der Waals surface area contributed by atoms with Crippen molar-refractivity contribution >= 4 is 89.4 Å². The molecular weight excluding hydrogens is 1610 g/mol. The number of nitrogens with zero attached hydrogens (tertiary/aromatic N) is 10. The lowest BCUT2D eigenvalue weighted by Crippen LogP contribution is -2.38. The van der Waals surface area contributed by atoms with Gasteiger partial charge in [-0.1, -0.05) is 80.4 Å². The number of carbonyl (C=O) groups excluding carboxylic acids is 4. The lowest BCUT2D eigenvalue weighted by molar-refractivity contribution is -0.438. The molecule has 5 aliphatic rings. The lowest BCUT2D eigenvalue weighted by atomic mass is 9.81. The van der Waals surface area contributed by atoms with E-state index in [1.807, 2.05) is 19.9 Å². The number of imide groups is 1. The number of non-ortho nitro benzene ring substituents is 2. The number of rotatable bonds is 43. The number of nitro benzene ring substituents is 2. The maximum Gasteiger partial charge on any atom is 0.294 e. The van der Waals surface area contributed by atoms with Crippen LogP contribution in [0.1, 0.15) is 158 Å². The van der Waals surface area contributed by atoms with Crippen LogP contribution in [-0.4, -0.2) is 177 Å². The van der Waals surface area contributed by atoms with Crippen molar-refractivity contribution in [2.24, 2.45) is 5.11 Å². The highest BCUT2D eigenvalue weighted by atomic mass is 32.2. The third-order valence-corrected chi connectivity index (χ3v) is 24.6. The second-order valence-electron chi connectivity index (χ2n) is 33.0. The first-order valence-corrected chi connectivity index (χ1v) is 44.3. The molecule has 6 aromatic rings. The molecule has 0 unspecified atom stereocenters. The second-order valence-corrected chi connectivity index (χ2v) is 35.9. The Labute approximate surface area is 719 Å². The number of aryl methyl sites for hydroxylation is 2. The van der Waals surface area contributed by atoms with E-state index in [1.165, 1.54) is 65.2 Å². The number of hydrogen-bond acceptors (Lipinski definition) is 19. The van der Waals surface area contributed by atoms with Gasteiger partial charge in [0.15, 0.2) is 11.4 Å². The number of nitro groups is 2. The summed E-state index contributed by atoms with van der Waals surface area (Å²) in [5, 5.41) is 31.0. The Kier molecular flexibility index (Phi) is 32.0. The normalized spacial score (nSPS) is 16.5. The first-order chi connectivity index (χ1) is 58.4. The van der Waals surface area contributed by atoms with Crippen molar-refractivity contribution in [1.82, 2.24) is 15.5 Å². The largest absolute Gasteiger partial charge is 0.377 e. The van der Waals surface area contributed by atoms with E-state index in [0.717, 1.165) is 104 Å². The number of amides is 4. The first kappa shape index (κ1) is 94.1. The number of unbranched alkanes of at least 4 members (excludes halogenated alkanes) is 4. The Morgan fingerprint density at radius 1 is 0.504 bits per heavy atom. The molecule has 0 bridgehead atoms. The summed E-state index contributed by atoms with van der Waals surface area (Å²) in [6.45, 7) is 27.8. The fourth-order valence-corrected chi connectivity index (χ4v) is 17.2. The van der Waals surface area contributed by atoms with E-state index in [2.05, 4.69) is 162 Å². The number of anilines is 2. The maximum atomic E-state index is 12.5. The van der Waals surface area contributed by atoms with Crippen molar-refractivity contribution in [1.29, 1.82) is 0 Å². The summed E-state index contributed by atoms with van der Waals surface area (Å²) in [6, 6.07) is 35.0. The van der Waals surface area contributed by atoms with Crippen molar-refractivity contribution in [2.45, 2.75) is 172 Å². The number of ether oxygens (including phenoxy) is 4. The zero-order valence-electron chi connectivity index (χ0n) is 71.6. The van der Waals surface area contributed by atoms with Gasteiger partial charge in [0.25, 0.3) is 43.4 Å². The molecule has 654 valence electrons. The molecule has 0 radical (unpaired) electrons. The average molecular weight is 1730 g/mol. The number of benzene rings is 6. The minimum atomic E-state index is -4.44. The lowest BCUT2D eigenvalue weighted by Gasteiger charge is -2.27. The van der Waals surface area contributed by atoms with Crippen LogP contribution in [0.4, 0.5) is 34.1 Å². The molecule has 4 amide bonds. The van der Waals surface area contributed by atoms with Gasteiger partial charge in [-0.2, -0.15) is 26.0 Å². The van der Waals surface area contributed by atoms with Gasteiger partial charge < -0.3 is 39.4 Å². The van der Waals surface area contributed by atoms with Crippen LogP contribution in [0, 0.1) is 34.1 Å². The van der Waals surface area contributed by atoms with Gasteiger partial charge in [-0.05, 0) is 174 Å². The van der Waals surface area contributed by atoms with Crippen LogP contribution in [0.3, 0.4) is 0 Å². The van der Waals surface area contributed by atoms with E-state index >= 15 is 0 Å². The quantitative estimate of drug-likeness (QED) is 0.00318. The predicted molar refractivity (Wildman–Crippen MR) is 470 cm³/mol. The van der Waals surface area contributed by atoms with E-state index < -0.39 is 40.9 Å². The molecule has 0 aliphatic carbocycles. The zero-order chi connectivity index (χ0) is 89.0. The molecule has 11 rings (SSSR count). The SMILES string of the molecule is Cc1ccc2c(c1)C(C)(C)C(=CC=CC1=[N+](CCCCCC(=O)NCCCN=[N+]=[N-])c3ccc(S(=O)(=O)O)cc3C1(C)C)N2CCOCCOCc1ccc([N+](=O)[O-])cc1.Cc1ccc2c(c1)C(C)(C)C(=CC=CC1=[N+](CCCCCC(=O)NCCN3C(=O)C=CC3=O)c3ccc(S(=O)(=O)O)cc3C1(C)C)N2CCOCCOCc1ccc([N+](=O)[O-])cc1. The molecule has 0 spiro atoms.